The third kappa shape index (κ3) is 2.87. The molecule has 2 aromatic rings. The quantitative estimate of drug-likeness (QED) is 0.896. The first kappa shape index (κ1) is 12.6. The second kappa shape index (κ2) is 5.65. The minimum atomic E-state index is 0.563. The normalized spacial score (nSPS) is 10.6. The summed E-state index contributed by atoms with van der Waals surface area (Å²) in [4.78, 5) is 4.15. The van der Waals surface area contributed by atoms with E-state index >= 15 is 0 Å². The summed E-state index contributed by atoms with van der Waals surface area (Å²) >= 11 is 0. The molecule has 0 aliphatic rings. The molecule has 3 nitrogen and oxygen atoms in total. The van der Waals surface area contributed by atoms with E-state index in [0.717, 1.165) is 24.2 Å². The molecule has 0 atom stereocenters. The first-order valence-electron chi connectivity index (χ1n) is 6.01. The standard InChI is InChI=1S/C15H18N2O/c1-11-9-15(16)17-10-14(11)13-5-3-12(4-6-13)7-8-18-2/h3-6,9-10H,7-8H2,1-2H3,(H2,16,17). The topological polar surface area (TPSA) is 48.1 Å². The van der Waals surface area contributed by atoms with Crippen molar-refractivity contribution in [2.75, 3.05) is 19.5 Å². The average Bonchev–Trinajstić information content (AvgIpc) is 2.37. The van der Waals surface area contributed by atoms with E-state index in [1.54, 1.807) is 7.11 Å². The summed E-state index contributed by atoms with van der Waals surface area (Å²) in [7, 11) is 1.72. The third-order valence-corrected chi connectivity index (χ3v) is 2.99. The Bertz CT molecular complexity index is 521. The van der Waals surface area contributed by atoms with Gasteiger partial charge in [-0.05, 0) is 36.1 Å². The van der Waals surface area contributed by atoms with E-state index in [1.807, 2.05) is 19.2 Å². The molecular formula is C15H18N2O. The Hall–Kier alpha value is -1.87. The number of aryl methyl sites for hydroxylation is 1. The maximum atomic E-state index is 5.66. The van der Waals surface area contributed by atoms with Crippen LogP contribution in [0.5, 0.6) is 0 Å². The number of nitrogen functional groups attached to an aromatic ring is 1. The molecule has 0 unspecified atom stereocenters. The zero-order valence-corrected chi connectivity index (χ0v) is 10.8. The van der Waals surface area contributed by atoms with Crippen LogP contribution in [0.2, 0.25) is 0 Å². The molecule has 0 radical (unpaired) electrons. The minimum absolute atomic E-state index is 0.563. The fourth-order valence-electron chi connectivity index (χ4n) is 1.95. The summed E-state index contributed by atoms with van der Waals surface area (Å²) in [6.07, 6.45) is 2.77. The SMILES string of the molecule is COCCc1ccc(-c2cnc(N)cc2C)cc1. The van der Waals surface area contributed by atoms with Gasteiger partial charge in [-0.25, -0.2) is 4.98 Å². The molecule has 2 N–H and O–H groups in total. The van der Waals surface area contributed by atoms with Crippen LogP contribution in [0.3, 0.4) is 0 Å². The molecule has 0 bridgehead atoms. The van der Waals surface area contributed by atoms with Gasteiger partial charge in [0.05, 0.1) is 6.61 Å². The van der Waals surface area contributed by atoms with Crippen LogP contribution in [0, 0.1) is 6.92 Å². The van der Waals surface area contributed by atoms with E-state index in [4.69, 9.17) is 10.5 Å². The molecule has 94 valence electrons. The van der Waals surface area contributed by atoms with Crippen LogP contribution in [0.4, 0.5) is 5.82 Å². The first-order valence-corrected chi connectivity index (χ1v) is 6.01. The van der Waals surface area contributed by atoms with E-state index in [9.17, 15) is 0 Å². The van der Waals surface area contributed by atoms with E-state index in [0.29, 0.717) is 5.82 Å². The van der Waals surface area contributed by atoms with E-state index in [2.05, 4.69) is 29.2 Å². The molecule has 2 rings (SSSR count). The minimum Gasteiger partial charge on any atom is -0.384 e. The van der Waals surface area contributed by atoms with Gasteiger partial charge in [0.25, 0.3) is 0 Å². The lowest BCUT2D eigenvalue weighted by Gasteiger charge is -2.07. The summed E-state index contributed by atoms with van der Waals surface area (Å²) in [5.41, 5.74) is 10.4. The number of ether oxygens (including phenoxy) is 1. The third-order valence-electron chi connectivity index (χ3n) is 2.99. The molecule has 0 saturated heterocycles. The van der Waals surface area contributed by atoms with Crippen LogP contribution >= 0.6 is 0 Å². The van der Waals surface area contributed by atoms with Crippen LogP contribution in [0.25, 0.3) is 11.1 Å². The predicted molar refractivity (Wildman–Crippen MR) is 74.4 cm³/mol. The molecule has 1 aromatic carbocycles. The number of nitrogens with two attached hydrogens (primary N) is 1. The molecule has 0 saturated carbocycles. The van der Waals surface area contributed by atoms with Crippen molar-refractivity contribution in [1.29, 1.82) is 0 Å². The Morgan fingerprint density at radius 2 is 1.94 bits per heavy atom. The highest BCUT2D eigenvalue weighted by Gasteiger charge is 2.03. The van der Waals surface area contributed by atoms with Crippen molar-refractivity contribution < 1.29 is 4.74 Å². The van der Waals surface area contributed by atoms with Crippen molar-refractivity contribution in [1.82, 2.24) is 4.98 Å². The summed E-state index contributed by atoms with van der Waals surface area (Å²) in [6, 6.07) is 10.4. The van der Waals surface area contributed by atoms with E-state index in [1.165, 1.54) is 11.1 Å². The first-order chi connectivity index (χ1) is 8.70. The molecule has 0 amide bonds. The number of nitrogens with zero attached hydrogens (tertiary/aromatic N) is 1. The lowest BCUT2D eigenvalue weighted by molar-refractivity contribution is 0.202. The number of methoxy groups -OCH3 is 1. The number of anilines is 1. The number of benzene rings is 1. The average molecular weight is 242 g/mol. The maximum Gasteiger partial charge on any atom is 0.123 e. The fraction of sp³-hybridized carbons (Fsp3) is 0.267. The Labute approximate surface area is 108 Å². The molecule has 0 aliphatic carbocycles. The Balaban J connectivity index is 2.23. The van der Waals surface area contributed by atoms with Gasteiger partial charge in [0.1, 0.15) is 5.82 Å². The molecule has 0 aliphatic heterocycles. The Morgan fingerprint density at radius 3 is 2.56 bits per heavy atom. The van der Waals surface area contributed by atoms with Crippen molar-refractivity contribution in [3.05, 3.63) is 47.7 Å². The van der Waals surface area contributed by atoms with Gasteiger partial charge in [0.2, 0.25) is 0 Å². The fourth-order valence-corrected chi connectivity index (χ4v) is 1.95. The zero-order valence-electron chi connectivity index (χ0n) is 10.8. The highest BCUT2D eigenvalue weighted by molar-refractivity contribution is 5.67. The smallest absolute Gasteiger partial charge is 0.123 e. The van der Waals surface area contributed by atoms with Crippen LogP contribution in [0.1, 0.15) is 11.1 Å². The maximum absolute atomic E-state index is 5.66. The number of rotatable bonds is 4. The largest absolute Gasteiger partial charge is 0.384 e. The van der Waals surface area contributed by atoms with Crippen LogP contribution in [-0.2, 0) is 11.2 Å². The van der Waals surface area contributed by atoms with Crippen molar-refractivity contribution in [2.24, 2.45) is 0 Å². The highest BCUT2D eigenvalue weighted by atomic mass is 16.5. The van der Waals surface area contributed by atoms with Gasteiger partial charge in [-0.15, -0.1) is 0 Å². The second-order valence-corrected chi connectivity index (χ2v) is 4.36. The molecule has 0 spiro atoms. The van der Waals surface area contributed by atoms with Crippen LogP contribution in [0.15, 0.2) is 36.5 Å². The molecule has 3 heteroatoms. The molecule has 0 fully saturated rings. The molecule has 1 heterocycles. The van der Waals surface area contributed by atoms with E-state index < -0.39 is 0 Å². The predicted octanol–water partition coefficient (Wildman–Crippen LogP) is 2.83. The van der Waals surface area contributed by atoms with Crippen molar-refractivity contribution >= 4 is 5.82 Å². The number of aromatic nitrogens is 1. The van der Waals surface area contributed by atoms with Gasteiger partial charge in [-0.3, -0.25) is 0 Å². The van der Waals surface area contributed by atoms with Gasteiger partial charge in [-0.2, -0.15) is 0 Å². The van der Waals surface area contributed by atoms with Gasteiger partial charge >= 0.3 is 0 Å². The number of pyridine rings is 1. The van der Waals surface area contributed by atoms with Gasteiger partial charge in [0.15, 0.2) is 0 Å². The summed E-state index contributed by atoms with van der Waals surface area (Å²) in [5.74, 6) is 0.563. The van der Waals surface area contributed by atoms with Gasteiger partial charge in [-0.1, -0.05) is 24.3 Å². The molecule has 18 heavy (non-hydrogen) atoms. The van der Waals surface area contributed by atoms with Gasteiger partial charge in [0, 0.05) is 18.9 Å². The monoisotopic (exact) mass is 242 g/mol. The van der Waals surface area contributed by atoms with Gasteiger partial charge < -0.3 is 10.5 Å². The van der Waals surface area contributed by atoms with Crippen molar-refractivity contribution in [3.63, 3.8) is 0 Å². The van der Waals surface area contributed by atoms with Crippen LogP contribution in [-0.4, -0.2) is 18.7 Å². The highest BCUT2D eigenvalue weighted by Crippen LogP contribution is 2.23. The van der Waals surface area contributed by atoms with Crippen molar-refractivity contribution in [3.8, 4) is 11.1 Å². The second-order valence-electron chi connectivity index (χ2n) is 4.36. The lowest BCUT2D eigenvalue weighted by Crippen LogP contribution is -1.95. The zero-order chi connectivity index (χ0) is 13.0. The summed E-state index contributed by atoms with van der Waals surface area (Å²) in [5, 5.41) is 0. The molecular weight excluding hydrogens is 224 g/mol. The lowest BCUT2D eigenvalue weighted by atomic mass is 10.0. The molecule has 1 aromatic heterocycles. The Morgan fingerprint density at radius 1 is 1.22 bits per heavy atom. The number of hydrogen-bond donors (Lipinski definition) is 1. The van der Waals surface area contributed by atoms with Crippen molar-refractivity contribution in [2.45, 2.75) is 13.3 Å². The number of hydrogen-bond acceptors (Lipinski definition) is 3. The summed E-state index contributed by atoms with van der Waals surface area (Å²) in [6.45, 7) is 2.80. The Kier molecular flexibility index (Phi) is 3.95. The van der Waals surface area contributed by atoms with Crippen LogP contribution < -0.4 is 5.73 Å². The van der Waals surface area contributed by atoms with E-state index in [-0.39, 0.29) is 0 Å². The summed E-state index contributed by atoms with van der Waals surface area (Å²) < 4.78 is 5.07.